The van der Waals surface area contributed by atoms with Crippen LogP contribution in [-0.4, -0.2) is 84.2 Å². The Kier molecular flexibility index (Phi) is 12.9. The van der Waals surface area contributed by atoms with Gasteiger partial charge in [-0.3, -0.25) is 4.79 Å². The number of urea groups is 1. The van der Waals surface area contributed by atoms with Crippen LogP contribution in [0.5, 0.6) is 0 Å². The predicted octanol–water partition coefficient (Wildman–Crippen LogP) is 3.36. The predicted molar refractivity (Wildman–Crippen MR) is 164 cm³/mol. The Morgan fingerprint density at radius 2 is 1.61 bits per heavy atom. The van der Waals surface area contributed by atoms with Gasteiger partial charge in [-0.2, -0.15) is 0 Å². The van der Waals surface area contributed by atoms with Gasteiger partial charge in [0.15, 0.2) is 0 Å². The van der Waals surface area contributed by atoms with Crippen LogP contribution in [0.3, 0.4) is 0 Å². The molecule has 1 fully saturated rings. The highest BCUT2D eigenvalue weighted by atomic mass is 32.2. The molecule has 11 nitrogen and oxygen atoms in total. The van der Waals surface area contributed by atoms with E-state index in [1.54, 1.807) is 11.0 Å². The number of nitrogens with one attached hydrogen (secondary N) is 3. The maximum Gasteiger partial charge on any atom is 0.322 e. The first kappa shape index (κ1) is 33.8. The molecule has 1 saturated carbocycles. The zero-order chi connectivity index (χ0) is 31.4. The average molecular weight is 635 g/mol. The van der Waals surface area contributed by atoms with Gasteiger partial charge >= 0.3 is 6.03 Å². The summed E-state index contributed by atoms with van der Waals surface area (Å²) in [6.07, 6.45) is 3.45. The first-order valence-corrected chi connectivity index (χ1v) is 16.7. The second-order valence-corrected chi connectivity index (χ2v) is 13.0. The van der Waals surface area contributed by atoms with Crippen LogP contribution in [0.25, 0.3) is 0 Å². The van der Waals surface area contributed by atoms with Gasteiger partial charge in [-0.25, -0.2) is 22.3 Å². The van der Waals surface area contributed by atoms with Crippen molar-refractivity contribution in [3.63, 3.8) is 0 Å². The molecule has 1 aliphatic heterocycles. The lowest BCUT2D eigenvalue weighted by molar-refractivity contribution is -0.126. The summed E-state index contributed by atoms with van der Waals surface area (Å²) in [4.78, 5) is 26.9. The largest absolute Gasteiger partial charge is 0.384 e. The van der Waals surface area contributed by atoms with E-state index in [0.29, 0.717) is 50.1 Å². The number of hydrogen-bond donors (Lipinski definition) is 3. The first-order valence-electron chi connectivity index (χ1n) is 15.1. The molecule has 1 heterocycles. The lowest BCUT2D eigenvalue weighted by atomic mass is 9.78. The summed E-state index contributed by atoms with van der Waals surface area (Å²) < 4.78 is 55.3. The Hall–Kier alpha value is -3.10. The minimum absolute atomic E-state index is 0.0183. The summed E-state index contributed by atoms with van der Waals surface area (Å²) in [5.74, 6) is 0.0295. The normalized spacial score (nSPS) is 18.2. The van der Waals surface area contributed by atoms with E-state index < -0.39 is 10.0 Å². The second-order valence-electron chi connectivity index (χ2n) is 11.1. The van der Waals surface area contributed by atoms with Crippen LogP contribution in [0.4, 0.5) is 14.9 Å². The molecular weight excluding hydrogens is 591 g/mol. The van der Waals surface area contributed by atoms with Gasteiger partial charge in [0.25, 0.3) is 0 Å². The zero-order valence-corrected chi connectivity index (χ0v) is 26.0. The third-order valence-electron chi connectivity index (χ3n) is 7.99. The highest BCUT2D eigenvalue weighted by Gasteiger charge is 2.28. The molecule has 0 spiro atoms. The van der Waals surface area contributed by atoms with Crippen LogP contribution >= 0.6 is 0 Å². The molecule has 1 aliphatic carbocycles. The molecule has 0 radical (unpaired) electrons. The van der Waals surface area contributed by atoms with Crippen LogP contribution in [0.2, 0.25) is 0 Å². The number of hydrogen-bond acceptors (Lipinski definition) is 7. The standard InChI is InChI=1S/C31H43FN4O7S/c1-41-19-20-44(39,40)34-14-16-43-18-17-42-15-13-33-30(37)25-7-5-23(6-8-25)24-9-11-27(12-10-24)35-31(38)36-21-26-3-2-4-29(32)28(26)22-36/h2-4,9-12,23,25,34H,5-8,13-22H2,1H3,(H,33,37)(H,35,38). The molecule has 4 rings (SSSR count). The number of sulfonamides is 1. The molecule has 0 atom stereocenters. The van der Waals surface area contributed by atoms with Crippen molar-refractivity contribution >= 4 is 27.6 Å². The molecule has 3 N–H and O–H groups in total. The van der Waals surface area contributed by atoms with Gasteiger partial charge in [0.2, 0.25) is 15.9 Å². The van der Waals surface area contributed by atoms with E-state index in [4.69, 9.17) is 14.2 Å². The van der Waals surface area contributed by atoms with Gasteiger partial charge in [0.05, 0.1) is 45.3 Å². The maximum absolute atomic E-state index is 14.0. The van der Waals surface area contributed by atoms with Crippen LogP contribution in [0, 0.1) is 11.7 Å². The molecular formula is C31H43FN4O7S. The Labute approximate surface area is 258 Å². The summed E-state index contributed by atoms with van der Waals surface area (Å²) >= 11 is 0. The molecule has 0 bridgehead atoms. The Bertz CT molecular complexity index is 1340. The van der Waals surface area contributed by atoms with Crippen molar-refractivity contribution in [2.45, 2.75) is 44.7 Å². The topological polar surface area (TPSA) is 135 Å². The number of carbonyl (C=O) groups is 2. The van der Waals surface area contributed by atoms with E-state index in [0.717, 1.165) is 31.2 Å². The van der Waals surface area contributed by atoms with Gasteiger partial charge in [-0.15, -0.1) is 0 Å². The summed E-state index contributed by atoms with van der Waals surface area (Å²) in [5, 5.41) is 5.87. The monoisotopic (exact) mass is 634 g/mol. The quantitative estimate of drug-likeness (QED) is 0.241. The number of benzene rings is 2. The van der Waals surface area contributed by atoms with Gasteiger partial charge < -0.3 is 29.7 Å². The number of rotatable bonds is 16. The van der Waals surface area contributed by atoms with E-state index >= 15 is 0 Å². The van der Waals surface area contributed by atoms with Crippen LogP contribution in [0.1, 0.15) is 48.3 Å². The van der Waals surface area contributed by atoms with Crippen molar-refractivity contribution in [1.82, 2.24) is 14.9 Å². The SMILES string of the molecule is COCCS(=O)(=O)NCCOCCOCCNC(=O)C1CCC(c2ccc(NC(=O)N3Cc4cccc(F)c4C3)cc2)CC1. The second kappa shape index (κ2) is 16.8. The fourth-order valence-electron chi connectivity index (χ4n) is 5.50. The fourth-order valence-corrected chi connectivity index (χ4v) is 6.43. The highest BCUT2D eigenvalue weighted by molar-refractivity contribution is 7.89. The Balaban J connectivity index is 1.05. The van der Waals surface area contributed by atoms with Gasteiger partial charge in [-0.05, 0) is 60.9 Å². The molecule has 2 aromatic rings. The van der Waals surface area contributed by atoms with Crippen molar-refractivity contribution in [1.29, 1.82) is 0 Å². The summed E-state index contributed by atoms with van der Waals surface area (Å²) in [6.45, 7) is 2.70. The molecule has 3 amide bonds. The fraction of sp³-hybridized carbons (Fsp3) is 0.548. The van der Waals surface area contributed by atoms with Crippen molar-refractivity contribution < 1.29 is 36.6 Å². The number of anilines is 1. The average Bonchev–Trinajstić information content (AvgIpc) is 3.47. The van der Waals surface area contributed by atoms with Crippen molar-refractivity contribution in [3.05, 3.63) is 65.0 Å². The van der Waals surface area contributed by atoms with Gasteiger partial charge in [0, 0.05) is 43.9 Å². The molecule has 2 aliphatic rings. The molecule has 13 heteroatoms. The maximum atomic E-state index is 14.0. The van der Waals surface area contributed by atoms with E-state index in [1.165, 1.54) is 18.7 Å². The number of ether oxygens (including phenoxy) is 3. The van der Waals surface area contributed by atoms with Crippen LogP contribution < -0.4 is 15.4 Å². The zero-order valence-electron chi connectivity index (χ0n) is 25.2. The summed E-state index contributed by atoms with van der Waals surface area (Å²) in [7, 11) is -1.90. The third kappa shape index (κ3) is 10.2. The molecule has 0 aromatic heterocycles. The molecule has 0 unspecified atom stereocenters. The first-order chi connectivity index (χ1) is 21.3. The summed E-state index contributed by atoms with van der Waals surface area (Å²) in [5.41, 5.74) is 3.30. The summed E-state index contributed by atoms with van der Waals surface area (Å²) in [6, 6.07) is 12.5. The lowest BCUT2D eigenvalue weighted by Crippen LogP contribution is -2.35. The van der Waals surface area contributed by atoms with E-state index in [1.807, 2.05) is 30.3 Å². The van der Waals surface area contributed by atoms with E-state index in [9.17, 15) is 22.4 Å². The lowest BCUT2D eigenvalue weighted by Gasteiger charge is -2.28. The van der Waals surface area contributed by atoms with E-state index in [2.05, 4.69) is 15.4 Å². The number of methoxy groups -OCH3 is 1. The van der Waals surface area contributed by atoms with Crippen LogP contribution in [0.15, 0.2) is 42.5 Å². The highest BCUT2D eigenvalue weighted by Crippen LogP contribution is 2.36. The smallest absolute Gasteiger partial charge is 0.322 e. The Morgan fingerprint density at radius 3 is 2.30 bits per heavy atom. The molecule has 0 saturated heterocycles. The molecule has 2 aromatic carbocycles. The van der Waals surface area contributed by atoms with Crippen molar-refractivity contribution in [2.24, 2.45) is 5.92 Å². The Morgan fingerprint density at radius 1 is 0.909 bits per heavy atom. The van der Waals surface area contributed by atoms with Crippen molar-refractivity contribution in [2.75, 3.05) is 64.3 Å². The van der Waals surface area contributed by atoms with Crippen LogP contribution in [-0.2, 0) is 42.1 Å². The number of fused-ring (bicyclic) bond motifs is 1. The minimum atomic E-state index is -3.35. The number of carbonyl (C=O) groups excluding carboxylic acids is 2. The molecule has 242 valence electrons. The van der Waals surface area contributed by atoms with Gasteiger partial charge in [0.1, 0.15) is 5.82 Å². The third-order valence-corrected chi connectivity index (χ3v) is 9.33. The minimum Gasteiger partial charge on any atom is -0.384 e. The van der Waals surface area contributed by atoms with Crippen molar-refractivity contribution in [3.8, 4) is 0 Å². The number of amides is 3. The molecule has 44 heavy (non-hydrogen) atoms. The number of halogens is 1. The number of nitrogens with zero attached hydrogens (tertiary/aromatic N) is 1. The van der Waals surface area contributed by atoms with Gasteiger partial charge in [-0.1, -0.05) is 24.3 Å². The van der Waals surface area contributed by atoms with E-state index in [-0.39, 0.29) is 55.7 Å².